The van der Waals surface area contributed by atoms with Gasteiger partial charge in [0.25, 0.3) is 0 Å². The highest BCUT2D eigenvalue weighted by Crippen LogP contribution is 2.43. The van der Waals surface area contributed by atoms with Crippen LogP contribution in [0.2, 0.25) is 0 Å². The van der Waals surface area contributed by atoms with Crippen LogP contribution in [0.5, 0.6) is 0 Å². The number of anilines is 1. The Hall–Kier alpha value is -1.80. The highest BCUT2D eigenvalue weighted by Gasteiger charge is 2.41. The van der Waals surface area contributed by atoms with Gasteiger partial charge in [0.1, 0.15) is 0 Å². The Morgan fingerprint density at radius 2 is 1.81 bits per heavy atom. The lowest BCUT2D eigenvalue weighted by Crippen LogP contribution is -2.44. The molecule has 1 aliphatic rings. The van der Waals surface area contributed by atoms with Crippen molar-refractivity contribution in [2.45, 2.75) is 63.9 Å². The molecule has 1 atom stereocenters. The molecule has 1 heterocycles. The second-order valence-corrected chi connectivity index (χ2v) is 8.64. The van der Waals surface area contributed by atoms with E-state index >= 15 is 0 Å². The predicted molar refractivity (Wildman–Crippen MR) is 111 cm³/mol. The lowest BCUT2D eigenvalue weighted by molar-refractivity contribution is -0.0834. The summed E-state index contributed by atoms with van der Waals surface area (Å²) in [5.41, 5.74) is 4.19. The van der Waals surface area contributed by atoms with Crippen LogP contribution >= 0.6 is 0 Å². The molecule has 1 unspecified atom stereocenters. The molecule has 0 radical (unpaired) electrons. The van der Waals surface area contributed by atoms with Gasteiger partial charge in [-0.2, -0.15) is 0 Å². The fourth-order valence-corrected chi connectivity index (χ4v) is 4.33. The van der Waals surface area contributed by atoms with E-state index in [1.165, 1.54) is 16.8 Å². The molecule has 2 nitrogen and oxygen atoms in total. The molecule has 0 spiro atoms. The number of benzene rings is 2. The van der Waals surface area contributed by atoms with E-state index < -0.39 is 0 Å². The van der Waals surface area contributed by atoms with Crippen LogP contribution < -0.4 is 5.32 Å². The molecule has 0 bridgehead atoms. The van der Waals surface area contributed by atoms with E-state index in [-0.39, 0.29) is 11.0 Å². The Morgan fingerprint density at radius 1 is 1.04 bits per heavy atom. The Balaban J connectivity index is 1.74. The van der Waals surface area contributed by atoms with Crippen molar-refractivity contribution in [1.82, 2.24) is 0 Å². The van der Waals surface area contributed by atoms with Crippen molar-refractivity contribution in [2.75, 3.05) is 18.5 Å². The third-order valence-electron chi connectivity index (χ3n) is 5.71. The molecule has 0 aliphatic carbocycles. The molecule has 140 valence electrons. The zero-order valence-corrected chi connectivity index (χ0v) is 16.7. The minimum Gasteiger partial charge on any atom is -0.385 e. The SMILES string of the molecule is CC(C)c1cccc(NCCC2(c3ccccc3)CCOC(C)(C)C2)c1. The van der Waals surface area contributed by atoms with Crippen molar-refractivity contribution >= 4 is 5.69 Å². The molecule has 2 heteroatoms. The molecule has 2 aromatic carbocycles. The third kappa shape index (κ3) is 4.48. The Morgan fingerprint density at radius 3 is 2.50 bits per heavy atom. The van der Waals surface area contributed by atoms with Crippen molar-refractivity contribution in [3.63, 3.8) is 0 Å². The molecule has 0 amide bonds. The molecular formula is C24H33NO. The predicted octanol–water partition coefficient (Wildman–Crippen LogP) is 6.14. The molecule has 2 aromatic rings. The summed E-state index contributed by atoms with van der Waals surface area (Å²) in [4.78, 5) is 0. The first-order valence-corrected chi connectivity index (χ1v) is 9.94. The quantitative estimate of drug-likeness (QED) is 0.675. The number of hydrogen-bond donors (Lipinski definition) is 1. The largest absolute Gasteiger partial charge is 0.385 e. The van der Waals surface area contributed by atoms with Crippen LogP contribution in [0.15, 0.2) is 54.6 Å². The van der Waals surface area contributed by atoms with Crippen molar-refractivity contribution in [3.05, 3.63) is 65.7 Å². The van der Waals surface area contributed by atoms with E-state index in [0.29, 0.717) is 5.92 Å². The summed E-state index contributed by atoms with van der Waals surface area (Å²) in [5.74, 6) is 0.559. The minimum atomic E-state index is -0.0638. The Labute approximate surface area is 159 Å². The lowest BCUT2D eigenvalue weighted by Gasteiger charge is -2.45. The molecule has 0 aromatic heterocycles. The van der Waals surface area contributed by atoms with Crippen LogP contribution in [0.25, 0.3) is 0 Å². The zero-order valence-electron chi connectivity index (χ0n) is 16.7. The van der Waals surface area contributed by atoms with Crippen molar-refractivity contribution in [1.29, 1.82) is 0 Å². The van der Waals surface area contributed by atoms with Crippen LogP contribution in [0, 0.1) is 0 Å². The molecular weight excluding hydrogens is 318 g/mol. The van der Waals surface area contributed by atoms with Gasteiger partial charge < -0.3 is 10.1 Å². The second-order valence-electron chi connectivity index (χ2n) is 8.64. The summed E-state index contributed by atoms with van der Waals surface area (Å²) in [7, 11) is 0. The Kier molecular flexibility index (Phi) is 5.72. The van der Waals surface area contributed by atoms with Gasteiger partial charge in [0, 0.05) is 24.3 Å². The average Bonchev–Trinajstić information content (AvgIpc) is 2.62. The zero-order chi connectivity index (χ0) is 18.6. The molecule has 1 fully saturated rings. The summed E-state index contributed by atoms with van der Waals surface area (Å²) < 4.78 is 6.03. The molecule has 3 rings (SSSR count). The van der Waals surface area contributed by atoms with Crippen molar-refractivity contribution < 1.29 is 4.74 Å². The fraction of sp³-hybridized carbons (Fsp3) is 0.500. The van der Waals surface area contributed by atoms with Gasteiger partial charge in [-0.3, -0.25) is 0 Å². The van der Waals surface area contributed by atoms with E-state index in [1.54, 1.807) is 0 Å². The van der Waals surface area contributed by atoms with Crippen LogP contribution in [-0.2, 0) is 10.2 Å². The van der Waals surface area contributed by atoms with Crippen LogP contribution in [-0.4, -0.2) is 18.8 Å². The monoisotopic (exact) mass is 351 g/mol. The number of nitrogens with one attached hydrogen (secondary N) is 1. The summed E-state index contributed by atoms with van der Waals surface area (Å²) in [5, 5.41) is 3.67. The number of hydrogen-bond acceptors (Lipinski definition) is 2. The maximum atomic E-state index is 6.03. The average molecular weight is 352 g/mol. The van der Waals surface area contributed by atoms with E-state index in [0.717, 1.165) is 32.4 Å². The van der Waals surface area contributed by atoms with Crippen LogP contribution in [0.3, 0.4) is 0 Å². The van der Waals surface area contributed by atoms with Gasteiger partial charge in [-0.15, -0.1) is 0 Å². The first-order valence-electron chi connectivity index (χ1n) is 9.94. The molecule has 1 aliphatic heterocycles. The summed E-state index contributed by atoms with van der Waals surface area (Å²) in [6.45, 7) is 10.8. The van der Waals surface area contributed by atoms with Gasteiger partial charge in [0.15, 0.2) is 0 Å². The van der Waals surface area contributed by atoms with E-state index in [9.17, 15) is 0 Å². The molecule has 1 N–H and O–H groups in total. The first-order chi connectivity index (χ1) is 12.4. The lowest BCUT2D eigenvalue weighted by atomic mass is 9.67. The summed E-state index contributed by atoms with van der Waals surface area (Å²) in [6.07, 6.45) is 3.28. The smallest absolute Gasteiger partial charge is 0.0635 e. The topological polar surface area (TPSA) is 21.3 Å². The fourth-order valence-electron chi connectivity index (χ4n) is 4.33. The highest BCUT2D eigenvalue weighted by atomic mass is 16.5. The van der Waals surface area contributed by atoms with Gasteiger partial charge >= 0.3 is 0 Å². The standard InChI is InChI=1S/C24H33NO/c1-19(2)20-9-8-12-22(17-20)25-15-13-24(21-10-6-5-7-11-21)14-16-26-23(3,4)18-24/h5-12,17,19,25H,13-16,18H2,1-4H3. The van der Waals surface area contributed by atoms with Gasteiger partial charge in [0.2, 0.25) is 0 Å². The number of rotatable bonds is 6. The van der Waals surface area contributed by atoms with Crippen molar-refractivity contribution in [3.8, 4) is 0 Å². The second kappa shape index (κ2) is 7.84. The van der Waals surface area contributed by atoms with E-state index in [1.807, 2.05) is 0 Å². The maximum Gasteiger partial charge on any atom is 0.0635 e. The normalized spacial score (nSPS) is 22.3. The third-order valence-corrected chi connectivity index (χ3v) is 5.71. The van der Waals surface area contributed by atoms with Gasteiger partial charge in [-0.25, -0.2) is 0 Å². The van der Waals surface area contributed by atoms with Crippen LogP contribution in [0.4, 0.5) is 5.69 Å². The van der Waals surface area contributed by atoms with Crippen LogP contribution in [0.1, 0.15) is 64.0 Å². The van der Waals surface area contributed by atoms with Gasteiger partial charge in [-0.1, -0.05) is 56.3 Å². The molecule has 0 saturated carbocycles. The number of ether oxygens (including phenoxy) is 1. The Bertz CT molecular complexity index is 707. The summed E-state index contributed by atoms with van der Waals surface area (Å²) >= 11 is 0. The molecule has 26 heavy (non-hydrogen) atoms. The molecule has 1 saturated heterocycles. The highest BCUT2D eigenvalue weighted by molar-refractivity contribution is 5.46. The minimum absolute atomic E-state index is 0.0638. The van der Waals surface area contributed by atoms with Gasteiger partial charge in [0.05, 0.1) is 5.60 Å². The van der Waals surface area contributed by atoms with E-state index in [4.69, 9.17) is 4.74 Å². The van der Waals surface area contributed by atoms with Crippen molar-refractivity contribution in [2.24, 2.45) is 0 Å². The van der Waals surface area contributed by atoms with E-state index in [2.05, 4.69) is 87.6 Å². The first kappa shape index (κ1) is 19.0. The van der Waals surface area contributed by atoms with Gasteiger partial charge in [-0.05, 0) is 62.3 Å². The summed E-state index contributed by atoms with van der Waals surface area (Å²) in [6, 6.07) is 19.9. The maximum absolute atomic E-state index is 6.03.